The highest BCUT2D eigenvalue weighted by molar-refractivity contribution is 6.09. The van der Waals surface area contributed by atoms with Crippen molar-refractivity contribution in [2.24, 2.45) is 11.3 Å². The van der Waals surface area contributed by atoms with Crippen LogP contribution in [0.5, 0.6) is 0 Å². The Morgan fingerprint density at radius 2 is 1.76 bits per heavy atom. The molecule has 1 spiro atoms. The molecule has 1 aliphatic heterocycles. The number of hydrazine groups is 1. The van der Waals surface area contributed by atoms with E-state index >= 15 is 0 Å². The fraction of sp³-hybridized carbons (Fsp3) is 0.524. The van der Waals surface area contributed by atoms with Gasteiger partial charge in [0.1, 0.15) is 12.1 Å². The second-order valence-electron chi connectivity index (χ2n) is 9.02. The van der Waals surface area contributed by atoms with Crippen LogP contribution >= 0.6 is 0 Å². The van der Waals surface area contributed by atoms with Gasteiger partial charge in [-0.2, -0.15) is 0 Å². The van der Waals surface area contributed by atoms with Crippen molar-refractivity contribution in [3.63, 3.8) is 0 Å². The number of hydrogen-bond donors (Lipinski definition) is 3. The number of nitrogens with zero attached hydrogens (tertiary/aromatic N) is 1. The molecule has 8 heteroatoms. The zero-order valence-corrected chi connectivity index (χ0v) is 17.1. The molecule has 5 amide bonds. The van der Waals surface area contributed by atoms with Crippen molar-refractivity contribution < 1.29 is 19.2 Å². The van der Waals surface area contributed by atoms with Crippen LogP contribution in [-0.2, 0) is 20.8 Å². The summed E-state index contributed by atoms with van der Waals surface area (Å²) in [4.78, 5) is 50.5. The van der Waals surface area contributed by atoms with E-state index in [-0.39, 0.29) is 29.6 Å². The average molecular weight is 400 g/mol. The van der Waals surface area contributed by atoms with E-state index in [1.54, 1.807) is 12.1 Å². The van der Waals surface area contributed by atoms with Crippen LogP contribution in [0, 0.1) is 11.3 Å². The van der Waals surface area contributed by atoms with E-state index in [9.17, 15) is 19.2 Å². The molecule has 3 N–H and O–H groups in total. The van der Waals surface area contributed by atoms with Crippen molar-refractivity contribution in [3.05, 3.63) is 35.9 Å². The summed E-state index contributed by atoms with van der Waals surface area (Å²) < 4.78 is 0. The summed E-state index contributed by atoms with van der Waals surface area (Å²) in [5, 5.41) is 2.83. The number of amides is 5. The highest BCUT2D eigenvalue weighted by Crippen LogP contribution is 2.46. The Balaban J connectivity index is 1.56. The number of hydrogen-bond acceptors (Lipinski definition) is 4. The third-order valence-corrected chi connectivity index (χ3v) is 5.47. The summed E-state index contributed by atoms with van der Waals surface area (Å²) in [7, 11) is 0. The van der Waals surface area contributed by atoms with Crippen LogP contribution in [-0.4, -0.2) is 40.7 Å². The van der Waals surface area contributed by atoms with Crippen LogP contribution in [0.2, 0.25) is 0 Å². The largest absolute Gasteiger partial charge is 0.325 e. The molecule has 1 saturated carbocycles. The third kappa shape index (κ3) is 4.75. The minimum atomic E-state index is -0.949. The van der Waals surface area contributed by atoms with Crippen molar-refractivity contribution in [1.29, 1.82) is 0 Å². The normalized spacial score (nSPS) is 25.6. The summed E-state index contributed by atoms with van der Waals surface area (Å²) in [6.07, 6.45) is 2.19. The molecular weight excluding hydrogens is 372 g/mol. The third-order valence-electron chi connectivity index (χ3n) is 5.47. The number of benzene rings is 1. The highest BCUT2D eigenvalue weighted by Gasteiger charge is 2.56. The summed E-state index contributed by atoms with van der Waals surface area (Å²) in [5.74, 6) is -1.10. The van der Waals surface area contributed by atoms with Gasteiger partial charge in [0.2, 0.25) is 5.91 Å². The SMILES string of the molecule is C[C@@H]1CC(C)(C)C[C@]2(C1)NC(=O)N(CC(=O)NNC(=O)Cc1ccccc1)C2=O. The summed E-state index contributed by atoms with van der Waals surface area (Å²) in [5.41, 5.74) is 4.37. The van der Waals surface area contributed by atoms with Gasteiger partial charge >= 0.3 is 6.03 Å². The summed E-state index contributed by atoms with van der Waals surface area (Å²) in [6.45, 7) is 5.80. The Labute approximate surface area is 170 Å². The number of imide groups is 1. The Bertz CT molecular complexity index is 823. The lowest BCUT2D eigenvalue weighted by Gasteiger charge is -2.43. The maximum Gasteiger partial charge on any atom is 0.325 e. The van der Waals surface area contributed by atoms with Gasteiger partial charge in [0, 0.05) is 0 Å². The van der Waals surface area contributed by atoms with Crippen LogP contribution in [0.25, 0.3) is 0 Å². The molecular formula is C21H28N4O4. The van der Waals surface area contributed by atoms with Gasteiger partial charge in [0.25, 0.3) is 11.8 Å². The Morgan fingerprint density at radius 1 is 1.10 bits per heavy atom. The fourth-order valence-electron chi connectivity index (χ4n) is 4.80. The van der Waals surface area contributed by atoms with Crippen LogP contribution in [0.4, 0.5) is 4.79 Å². The molecule has 1 saturated heterocycles. The van der Waals surface area contributed by atoms with Gasteiger partial charge in [-0.3, -0.25) is 30.1 Å². The molecule has 1 heterocycles. The minimum Gasteiger partial charge on any atom is -0.323 e. The van der Waals surface area contributed by atoms with Crippen molar-refractivity contribution in [1.82, 2.24) is 21.1 Å². The van der Waals surface area contributed by atoms with Gasteiger partial charge in [-0.05, 0) is 36.2 Å². The molecule has 1 aromatic carbocycles. The molecule has 1 aromatic rings. The zero-order chi connectivity index (χ0) is 21.2. The van der Waals surface area contributed by atoms with Gasteiger partial charge in [-0.1, -0.05) is 51.1 Å². The number of rotatable bonds is 4. The standard InChI is InChI=1S/C21H28N4O4/c1-14-10-20(2,3)13-21(11-14)18(28)25(19(29)22-21)12-17(27)24-23-16(26)9-15-7-5-4-6-8-15/h4-8,14H,9-13H2,1-3H3,(H,22,29)(H,23,26)(H,24,27)/t14-,21+/m1/s1. The maximum absolute atomic E-state index is 13.0. The first-order chi connectivity index (χ1) is 13.6. The predicted octanol–water partition coefficient (Wildman–Crippen LogP) is 1.51. The monoisotopic (exact) mass is 400 g/mol. The molecule has 8 nitrogen and oxygen atoms in total. The predicted molar refractivity (Wildman–Crippen MR) is 106 cm³/mol. The first-order valence-electron chi connectivity index (χ1n) is 9.86. The number of nitrogens with one attached hydrogen (secondary N) is 3. The number of carbonyl (C=O) groups is 4. The molecule has 0 radical (unpaired) electrons. The highest BCUT2D eigenvalue weighted by atomic mass is 16.2. The molecule has 1 aliphatic carbocycles. The van der Waals surface area contributed by atoms with Gasteiger partial charge in [0.15, 0.2) is 0 Å². The van der Waals surface area contributed by atoms with Crippen molar-refractivity contribution in [2.75, 3.05) is 6.54 Å². The summed E-state index contributed by atoms with van der Waals surface area (Å²) in [6, 6.07) is 8.54. The number of carbonyl (C=O) groups excluding carboxylic acids is 4. The van der Waals surface area contributed by atoms with E-state index in [1.807, 2.05) is 18.2 Å². The Kier molecular flexibility index (Phi) is 5.64. The first kappa shape index (κ1) is 20.8. The van der Waals surface area contributed by atoms with Gasteiger partial charge in [-0.25, -0.2) is 4.79 Å². The second kappa shape index (κ2) is 7.85. The molecule has 2 fully saturated rings. The van der Waals surface area contributed by atoms with Gasteiger partial charge in [0.05, 0.1) is 6.42 Å². The molecule has 2 atom stereocenters. The molecule has 0 aromatic heterocycles. The molecule has 156 valence electrons. The van der Waals surface area contributed by atoms with Crippen molar-refractivity contribution >= 4 is 23.8 Å². The Morgan fingerprint density at radius 3 is 2.41 bits per heavy atom. The smallest absolute Gasteiger partial charge is 0.323 e. The van der Waals surface area contributed by atoms with E-state index in [2.05, 4.69) is 36.9 Å². The van der Waals surface area contributed by atoms with E-state index in [4.69, 9.17) is 0 Å². The van der Waals surface area contributed by atoms with E-state index < -0.39 is 24.0 Å². The lowest BCUT2D eigenvalue weighted by molar-refractivity contribution is -0.138. The lowest BCUT2D eigenvalue weighted by Crippen LogP contribution is -2.54. The van der Waals surface area contributed by atoms with Gasteiger partial charge < -0.3 is 5.32 Å². The minimum absolute atomic E-state index is 0.0791. The van der Waals surface area contributed by atoms with E-state index in [0.29, 0.717) is 12.8 Å². The van der Waals surface area contributed by atoms with Crippen LogP contribution in [0.15, 0.2) is 30.3 Å². The van der Waals surface area contributed by atoms with Crippen LogP contribution < -0.4 is 16.2 Å². The van der Waals surface area contributed by atoms with Crippen LogP contribution in [0.3, 0.4) is 0 Å². The van der Waals surface area contributed by atoms with Crippen LogP contribution in [0.1, 0.15) is 45.6 Å². The van der Waals surface area contributed by atoms with Crippen molar-refractivity contribution in [3.8, 4) is 0 Å². The average Bonchev–Trinajstić information content (AvgIpc) is 2.82. The topological polar surface area (TPSA) is 108 Å². The maximum atomic E-state index is 13.0. The quantitative estimate of drug-likeness (QED) is 0.526. The molecule has 29 heavy (non-hydrogen) atoms. The molecule has 0 bridgehead atoms. The van der Waals surface area contributed by atoms with E-state index in [0.717, 1.165) is 16.9 Å². The number of urea groups is 1. The zero-order valence-electron chi connectivity index (χ0n) is 17.1. The molecule has 3 rings (SSSR count). The van der Waals surface area contributed by atoms with E-state index in [1.165, 1.54) is 0 Å². The summed E-state index contributed by atoms with van der Waals surface area (Å²) >= 11 is 0. The first-order valence-corrected chi connectivity index (χ1v) is 9.86. The second-order valence-corrected chi connectivity index (χ2v) is 9.02. The Hall–Kier alpha value is -2.90. The lowest BCUT2D eigenvalue weighted by atomic mass is 9.64. The molecule has 2 aliphatic rings. The van der Waals surface area contributed by atoms with Gasteiger partial charge in [-0.15, -0.1) is 0 Å². The fourth-order valence-corrected chi connectivity index (χ4v) is 4.80. The molecule has 0 unspecified atom stereocenters. The van der Waals surface area contributed by atoms with Crippen molar-refractivity contribution in [2.45, 2.75) is 52.0 Å².